The molecule has 5 aromatic carbocycles. The third kappa shape index (κ3) is 3.87. The molecule has 32 heavy (non-hydrogen) atoms. The van der Waals surface area contributed by atoms with Gasteiger partial charge in [-0.25, -0.2) is 0 Å². The fourth-order valence-electron chi connectivity index (χ4n) is 4.55. The Hall–Kier alpha value is -2.89. The number of benzene rings is 5. The molecule has 0 aliphatic rings. The van der Waals surface area contributed by atoms with Crippen LogP contribution in [0.1, 0.15) is 35.7 Å². The van der Waals surface area contributed by atoms with Gasteiger partial charge in [0.25, 0.3) is 0 Å². The average molecular weight is 529 g/mol. The Morgan fingerprint density at radius 1 is 0.656 bits per heavy atom. The summed E-state index contributed by atoms with van der Waals surface area (Å²) in [5, 5.41) is 19.6. The topological polar surface area (TPSA) is 32.3 Å². The molecular weight excluding hydrogens is 505 g/mol. The fraction of sp³-hybridized carbons (Fsp3) is 0.103. The molecule has 0 spiro atoms. The highest BCUT2D eigenvalue weighted by atomic mass is 127. The molecule has 2 nitrogen and oxygen atoms in total. The van der Waals surface area contributed by atoms with E-state index >= 15 is 0 Å². The van der Waals surface area contributed by atoms with Crippen LogP contribution in [-0.2, 0) is 0 Å². The summed E-state index contributed by atoms with van der Waals surface area (Å²) in [5.41, 5.74) is 3.32. The van der Waals surface area contributed by atoms with Crippen molar-refractivity contribution >= 4 is 44.1 Å². The molecule has 0 heterocycles. The van der Waals surface area contributed by atoms with Gasteiger partial charge in [0.2, 0.25) is 0 Å². The molecule has 5 aromatic rings. The van der Waals surface area contributed by atoms with Gasteiger partial charge in [0.15, 0.2) is 0 Å². The lowest BCUT2D eigenvalue weighted by molar-refractivity contribution is 0.449. The molecule has 3 heteroatoms. The number of halogens is 1. The van der Waals surface area contributed by atoms with E-state index in [4.69, 9.17) is 0 Å². The number of rotatable bonds is 5. The summed E-state index contributed by atoms with van der Waals surface area (Å²) in [6, 6.07) is 35.3. The lowest BCUT2D eigenvalue weighted by atomic mass is 9.89. The van der Waals surface area contributed by atoms with E-state index in [2.05, 4.69) is 108 Å². The van der Waals surface area contributed by atoms with Crippen LogP contribution in [0, 0.1) is 3.57 Å². The molecule has 0 radical (unpaired) electrons. The van der Waals surface area contributed by atoms with Crippen LogP contribution in [0.5, 0.6) is 5.75 Å². The van der Waals surface area contributed by atoms with Gasteiger partial charge < -0.3 is 5.11 Å². The zero-order valence-corrected chi connectivity index (χ0v) is 20.0. The molecule has 2 N–H and O–H groups in total. The Labute approximate surface area is 202 Å². The highest BCUT2D eigenvalue weighted by molar-refractivity contribution is 14.1. The highest BCUT2D eigenvalue weighted by Gasteiger charge is 2.26. The minimum atomic E-state index is -0.186. The summed E-state index contributed by atoms with van der Waals surface area (Å²) in [6.07, 6.45) is 0. The Morgan fingerprint density at radius 3 is 1.91 bits per heavy atom. The van der Waals surface area contributed by atoms with Crippen LogP contribution < -0.4 is 5.32 Å². The maximum Gasteiger partial charge on any atom is 0.121 e. The molecule has 0 fully saturated rings. The minimum Gasteiger partial charge on any atom is -0.508 e. The third-order valence-electron chi connectivity index (χ3n) is 6.16. The summed E-state index contributed by atoms with van der Waals surface area (Å²) >= 11 is 2.43. The largest absolute Gasteiger partial charge is 0.508 e. The van der Waals surface area contributed by atoms with E-state index in [-0.39, 0.29) is 12.1 Å². The zero-order valence-electron chi connectivity index (χ0n) is 17.8. The van der Waals surface area contributed by atoms with Crippen LogP contribution in [-0.4, -0.2) is 5.11 Å². The van der Waals surface area contributed by atoms with Crippen LogP contribution in [0.15, 0.2) is 103 Å². The number of fused-ring (bicyclic) bond motifs is 2. The van der Waals surface area contributed by atoms with Crippen molar-refractivity contribution in [1.29, 1.82) is 0 Å². The summed E-state index contributed by atoms with van der Waals surface area (Å²) in [5.74, 6) is 0.310. The van der Waals surface area contributed by atoms with E-state index < -0.39 is 0 Å². The normalized spacial score (nSPS) is 13.3. The van der Waals surface area contributed by atoms with Gasteiger partial charge >= 0.3 is 0 Å². The van der Waals surface area contributed by atoms with Crippen LogP contribution in [0.3, 0.4) is 0 Å². The monoisotopic (exact) mass is 529 g/mol. The first-order valence-corrected chi connectivity index (χ1v) is 11.9. The molecule has 5 rings (SSSR count). The molecule has 0 bridgehead atoms. The Bertz CT molecular complexity index is 1310. The first-order chi connectivity index (χ1) is 15.6. The second-order valence-electron chi connectivity index (χ2n) is 8.13. The maximum absolute atomic E-state index is 11.1. The number of aromatic hydroxyl groups is 1. The third-order valence-corrected chi connectivity index (χ3v) is 7.10. The molecule has 0 amide bonds. The number of phenols is 1. The molecule has 0 aliphatic heterocycles. The van der Waals surface area contributed by atoms with Gasteiger partial charge in [-0.3, -0.25) is 5.32 Å². The lowest BCUT2D eigenvalue weighted by Gasteiger charge is -2.28. The quantitative estimate of drug-likeness (QED) is 0.228. The Balaban J connectivity index is 1.77. The highest BCUT2D eigenvalue weighted by Crippen LogP contribution is 2.41. The summed E-state index contributed by atoms with van der Waals surface area (Å²) in [7, 11) is 0. The van der Waals surface area contributed by atoms with Gasteiger partial charge in [-0.05, 0) is 74.3 Å². The van der Waals surface area contributed by atoms with Crippen molar-refractivity contribution in [2.24, 2.45) is 0 Å². The van der Waals surface area contributed by atoms with Crippen molar-refractivity contribution in [3.05, 3.63) is 123 Å². The molecule has 0 aromatic heterocycles. The van der Waals surface area contributed by atoms with Gasteiger partial charge in [0, 0.05) is 15.2 Å². The van der Waals surface area contributed by atoms with Gasteiger partial charge in [0.05, 0.1) is 6.04 Å². The molecule has 0 unspecified atom stereocenters. The summed E-state index contributed by atoms with van der Waals surface area (Å²) < 4.78 is 1.17. The van der Waals surface area contributed by atoms with Crippen LogP contribution in [0.4, 0.5) is 0 Å². The zero-order chi connectivity index (χ0) is 22.1. The van der Waals surface area contributed by atoms with E-state index in [1.54, 1.807) is 0 Å². The fourth-order valence-corrected chi connectivity index (χ4v) is 5.33. The van der Waals surface area contributed by atoms with Crippen molar-refractivity contribution in [1.82, 2.24) is 5.32 Å². The Kier molecular flexibility index (Phi) is 5.85. The first-order valence-electron chi connectivity index (χ1n) is 10.8. The molecular formula is C29H24INO. The SMILES string of the molecule is C[C@H](N[C@@H](c1c(O)ccc2ccccc12)c1c(I)ccc2ccccc12)c1ccccc1. The summed E-state index contributed by atoms with van der Waals surface area (Å²) in [4.78, 5) is 0. The van der Waals surface area contributed by atoms with Crippen molar-refractivity contribution in [3.63, 3.8) is 0 Å². The second-order valence-corrected chi connectivity index (χ2v) is 9.30. The molecule has 0 saturated carbocycles. The molecule has 2 atom stereocenters. The van der Waals surface area contributed by atoms with E-state index in [0.29, 0.717) is 5.75 Å². The second kappa shape index (κ2) is 8.93. The minimum absolute atomic E-state index is 0.0920. The number of hydrogen-bond acceptors (Lipinski definition) is 2. The van der Waals surface area contributed by atoms with Gasteiger partial charge in [-0.15, -0.1) is 0 Å². The van der Waals surface area contributed by atoms with E-state index in [0.717, 1.165) is 16.3 Å². The number of nitrogens with one attached hydrogen (secondary N) is 1. The maximum atomic E-state index is 11.1. The number of phenolic OH excluding ortho intramolecular Hbond substituents is 1. The standard InChI is InChI=1S/C29H24INO/c1-19(20-9-3-2-4-10-20)31-29(27-23-13-7-5-11-21(23)15-17-25(27)30)28-24-14-8-6-12-22(24)16-18-26(28)32/h2-19,29,31-32H,1H3/t19-,29+/m0/s1. The van der Waals surface area contributed by atoms with E-state index in [9.17, 15) is 5.11 Å². The smallest absolute Gasteiger partial charge is 0.121 e. The van der Waals surface area contributed by atoms with Crippen molar-refractivity contribution in [3.8, 4) is 5.75 Å². The molecule has 0 aliphatic carbocycles. The molecule has 0 saturated heterocycles. The van der Waals surface area contributed by atoms with Crippen LogP contribution >= 0.6 is 22.6 Å². The number of hydrogen-bond donors (Lipinski definition) is 2. The predicted octanol–water partition coefficient (Wildman–Crippen LogP) is 7.74. The van der Waals surface area contributed by atoms with Gasteiger partial charge in [-0.1, -0.05) is 91.0 Å². The lowest BCUT2D eigenvalue weighted by Crippen LogP contribution is -2.27. The van der Waals surface area contributed by atoms with E-state index in [1.165, 1.54) is 25.5 Å². The Morgan fingerprint density at radius 2 is 1.22 bits per heavy atom. The first kappa shape index (κ1) is 21.0. The average Bonchev–Trinajstić information content (AvgIpc) is 2.83. The predicted molar refractivity (Wildman–Crippen MR) is 142 cm³/mol. The van der Waals surface area contributed by atoms with Gasteiger partial charge in [-0.2, -0.15) is 0 Å². The van der Waals surface area contributed by atoms with Crippen molar-refractivity contribution in [2.45, 2.75) is 19.0 Å². The van der Waals surface area contributed by atoms with Gasteiger partial charge in [0.1, 0.15) is 5.75 Å². The molecule has 158 valence electrons. The van der Waals surface area contributed by atoms with Crippen molar-refractivity contribution in [2.75, 3.05) is 0 Å². The van der Waals surface area contributed by atoms with Crippen LogP contribution in [0.2, 0.25) is 0 Å². The van der Waals surface area contributed by atoms with Crippen molar-refractivity contribution < 1.29 is 5.11 Å². The summed E-state index contributed by atoms with van der Waals surface area (Å²) in [6.45, 7) is 2.18. The van der Waals surface area contributed by atoms with Crippen LogP contribution in [0.25, 0.3) is 21.5 Å². The van der Waals surface area contributed by atoms with E-state index in [1.807, 2.05) is 30.3 Å².